The van der Waals surface area contributed by atoms with E-state index < -0.39 is 17.9 Å². The lowest BCUT2D eigenvalue weighted by molar-refractivity contribution is 0.0903. The topological polar surface area (TPSA) is 81.3 Å². The minimum Gasteiger partial charge on any atom is -0.388 e. The molecule has 0 aliphatic heterocycles. The molecule has 0 amide bonds. The SMILES string of the molecule is O=C(CO)c1ccc(Cn2c(=O)n(CCc3ccccc3F)c(=O)c3ccccc32)cc1. The number of hydrogen-bond donors (Lipinski definition) is 1. The summed E-state index contributed by atoms with van der Waals surface area (Å²) in [6.45, 7) is -0.337. The average Bonchev–Trinajstić information content (AvgIpc) is 2.82. The van der Waals surface area contributed by atoms with Crippen LogP contribution in [-0.4, -0.2) is 26.6 Å². The summed E-state index contributed by atoms with van der Waals surface area (Å²) in [5.41, 5.74) is 1.17. The second-order valence-corrected chi connectivity index (χ2v) is 7.46. The van der Waals surface area contributed by atoms with E-state index in [9.17, 15) is 18.8 Å². The molecule has 0 fully saturated rings. The molecule has 0 spiro atoms. The maximum Gasteiger partial charge on any atom is 0.331 e. The quantitative estimate of drug-likeness (QED) is 0.456. The Morgan fingerprint density at radius 1 is 0.875 bits per heavy atom. The monoisotopic (exact) mass is 432 g/mol. The first-order valence-electron chi connectivity index (χ1n) is 10.2. The Kier molecular flexibility index (Phi) is 6.09. The van der Waals surface area contributed by atoms with Crippen molar-refractivity contribution in [2.75, 3.05) is 6.61 Å². The van der Waals surface area contributed by atoms with E-state index in [4.69, 9.17) is 5.11 Å². The Morgan fingerprint density at radius 2 is 1.56 bits per heavy atom. The summed E-state index contributed by atoms with van der Waals surface area (Å²) in [6.07, 6.45) is 0.206. The molecule has 4 rings (SSSR count). The van der Waals surface area contributed by atoms with E-state index in [0.717, 1.165) is 10.1 Å². The summed E-state index contributed by atoms with van der Waals surface area (Å²) < 4.78 is 16.7. The molecule has 6 nitrogen and oxygen atoms in total. The van der Waals surface area contributed by atoms with Crippen molar-refractivity contribution in [1.29, 1.82) is 0 Å². The van der Waals surface area contributed by atoms with Crippen LogP contribution in [0, 0.1) is 5.82 Å². The third kappa shape index (κ3) is 4.15. The van der Waals surface area contributed by atoms with Gasteiger partial charge in [0.25, 0.3) is 5.56 Å². The maximum atomic E-state index is 14.0. The smallest absolute Gasteiger partial charge is 0.331 e. The molecular formula is C25H21FN2O4. The highest BCUT2D eigenvalue weighted by Crippen LogP contribution is 2.13. The van der Waals surface area contributed by atoms with Crippen LogP contribution in [0.5, 0.6) is 0 Å². The Hall–Kier alpha value is -3.84. The predicted molar refractivity (Wildman–Crippen MR) is 120 cm³/mol. The number of hydrogen-bond acceptors (Lipinski definition) is 4. The van der Waals surface area contributed by atoms with Crippen LogP contribution in [0.1, 0.15) is 21.5 Å². The lowest BCUT2D eigenvalue weighted by atomic mass is 10.1. The van der Waals surface area contributed by atoms with Crippen molar-refractivity contribution in [2.24, 2.45) is 0 Å². The van der Waals surface area contributed by atoms with E-state index in [1.807, 2.05) is 0 Å². The standard InChI is InChI=1S/C25H21FN2O4/c26-21-7-3-1-5-18(21)13-14-27-24(31)20-6-2-4-8-22(20)28(25(27)32)15-17-9-11-19(12-10-17)23(30)16-29/h1-12,29H,13-16H2. The lowest BCUT2D eigenvalue weighted by Crippen LogP contribution is -2.40. The summed E-state index contributed by atoms with van der Waals surface area (Å²) in [4.78, 5) is 37.9. The number of aliphatic hydroxyl groups excluding tert-OH is 1. The van der Waals surface area contributed by atoms with Gasteiger partial charge < -0.3 is 5.11 Å². The van der Waals surface area contributed by atoms with E-state index in [0.29, 0.717) is 22.0 Å². The van der Waals surface area contributed by atoms with Gasteiger partial charge in [-0.2, -0.15) is 0 Å². The van der Waals surface area contributed by atoms with Crippen molar-refractivity contribution in [3.63, 3.8) is 0 Å². The highest BCUT2D eigenvalue weighted by molar-refractivity contribution is 5.96. The summed E-state index contributed by atoms with van der Waals surface area (Å²) >= 11 is 0. The molecule has 1 aromatic heterocycles. The molecule has 0 atom stereocenters. The summed E-state index contributed by atoms with van der Waals surface area (Å²) in [6, 6.07) is 19.7. The van der Waals surface area contributed by atoms with Crippen LogP contribution in [0.4, 0.5) is 4.39 Å². The van der Waals surface area contributed by atoms with Gasteiger partial charge in [0.15, 0.2) is 5.78 Å². The number of rotatable bonds is 7. The zero-order chi connectivity index (χ0) is 22.7. The lowest BCUT2D eigenvalue weighted by Gasteiger charge is -2.14. The van der Waals surface area contributed by atoms with E-state index in [1.54, 1.807) is 66.7 Å². The maximum absolute atomic E-state index is 14.0. The van der Waals surface area contributed by atoms with Gasteiger partial charge in [0.2, 0.25) is 0 Å². The van der Waals surface area contributed by atoms with Gasteiger partial charge in [-0.25, -0.2) is 9.18 Å². The number of Topliss-reactive ketones (excluding diaryl/α,β-unsaturated/α-hetero) is 1. The van der Waals surface area contributed by atoms with Crippen LogP contribution in [0.2, 0.25) is 0 Å². The number of fused-ring (bicyclic) bond motifs is 1. The molecular weight excluding hydrogens is 411 g/mol. The van der Waals surface area contributed by atoms with Gasteiger partial charge >= 0.3 is 5.69 Å². The fourth-order valence-corrected chi connectivity index (χ4v) is 3.72. The van der Waals surface area contributed by atoms with E-state index in [1.165, 1.54) is 10.6 Å². The summed E-state index contributed by atoms with van der Waals surface area (Å²) in [5.74, 6) is -0.764. The van der Waals surface area contributed by atoms with Gasteiger partial charge in [0, 0.05) is 12.1 Å². The normalized spacial score (nSPS) is 11.1. The zero-order valence-corrected chi connectivity index (χ0v) is 17.2. The van der Waals surface area contributed by atoms with Crippen molar-refractivity contribution < 1.29 is 14.3 Å². The molecule has 0 saturated heterocycles. The van der Waals surface area contributed by atoms with Gasteiger partial charge in [0.05, 0.1) is 17.4 Å². The van der Waals surface area contributed by atoms with Crippen LogP contribution in [-0.2, 0) is 19.5 Å². The van der Waals surface area contributed by atoms with E-state index >= 15 is 0 Å². The number of nitrogens with zero attached hydrogens (tertiary/aromatic N) is 2. The summed E-state index contributed by atoms with van der Waals surface area (Å²) in [5, 5.41) is 9.40. The number of carbonyl (C=O) groups excluding carboxylic acids is 1. The molecule has 4 aromatic rings. The molecule has 32 heavy (non-hydrogen) atoms. The Bertz CT molecular complexity index is 1400. The van der Waals surface area contributed by atoms with Gasteiger partial charge in [-0.3, -0.25) is 18.7 Å². The van der Waals surface area contributed by atoms with Crippen LogP contribution in [0.25, 0.3) is 10.9 Å². The van der Waals surface area contributed by atoms with Crippen molar-refractivity contribution in [2.45, 2.75) is 19.5 Å². The number of carbonyl (C=O) groups is 1. The van der Waals surface area contributed by atoms with Crippen LogP contribution < -0.4 is 11.2 Å². The first kappa shape index (κ1) is 21.4. The second-order valence-electron chi connectivity index (χ2n) is 7.46. The van der Waals surface area contributed by atoms with Crippen molar-refractivity contribution in [1.82, 2.24) is 9.13 Å². The number of halogens is 1. The Labute approximate surface area is 182 Å². The average molecular weight is 432 g/mol. The largest absolute Gasteiger partial charge is 0.388 e. The number of benzene rings is 3. The van der Waals surface area contributed by atoms with E-state index in [-0.39, 0.29) is 31.1 Å². The molecule has 0 bridgehead atoms. The first-order chi connectivity index (χ1) is 15.5. The fourth-order valence-electron chi connectivity index (χ4n) is 3.72. The summed E-state index contributed by atoms with van der Waals surface area (Å²) in [7, 11) is 0. The minimum absolute atomic E-state index is 0.0490. The Morgan fingerprint density at radius 3 is 2.28 bits per heavy atom. The van der Waals surface area contributed by atoms with Crippen molar-refractivity contribution >= 4 is 16.7 Å². The first-order valence-corrected chi connectivity index (χ1v) is 10.2. The van der Waals surface area contributed by atoms with Gasteiger partial charge in [-0.05, 0) is 35.7 Å². The molecule has 162 valence electrons. The predicted octanol–water partition coefficient (Wildman–Crippen LogP) is 2.77. The molecule has 0 radical (unpaired) electrons. The van der Waals surface area contributed by atoms with Gasteiger partial charge in [-0.1, -0.05) is 54.6 Å². The van der Waals surface area contributed by atoms with Crippen LogP contribution >= 0.6 is 0 Å². The molecule has 3 aromatic carbocycles. The third-order valence-corrected chi connectivity index (χ3v) is 5.46. The molecule has 0 aliphatic carbocycles. The highest BCUT2D eigenvalue weighted by atomic mass is 19.1. The van der Waals surface area contributed by atoms with Crippen molar-refractivity contribution in [3.8, 4) is 0 Å². The number of para-hydroxylation sites is 1. The molecule has 1 heterocycles. The number of aryl methyl sites for hydroxylation is 1. The number of ketones is 1. The van der Waals surface area contributed by atoms with Crippen LogP contribution in [0.3, 0.4) is 0 Å². The fraction of sp³-hybridized carbons (Fsp3) is 0.160. The van der Waals surface area contributed by atoms with Gasteiger partial charge in [0.1, 0.15) is 12.4 Å². The molecule has 0 aliphatic rings. The molecule has 7 heteroatoms. The third-order valence-electron chi connectivity index (χ3n) is 5.46. The molecule has 0 saturated carbocycles. The minimum atomic E-state index is -0.573. The number of aliphatic hydroxyl groups is 1. The van der Waals surface area contributed by atoms with E-state index in [2.05, 4.69) is 0 Å². The highest BCUT2D eigenvalue weighted by Gasteiger charge is 2.14. The zero-order valence-electron chi connectivity index (χ0n) is 17.2. The molecule has 1 N–H and O–H groups in total. The second kappa shape index (κ2) is 9.11. The van der Waals surface area contributed by atoms with Crippen molar-refractivity contribution in [3.05, 3.63) is 116 Å². The van der Waals surface area contributed by atoms with Crippen LogP contribution in [0.15, 0.2) is 82.4 Å². The Balaban J connectivity index is 1.75. The number of aromatic nitrogens is 2. The van der Waals surface area contributed by atoms with Gasteiger partial charge in [-0.15, -0.1) is 0 Å². The molecule has 0 unspecified atom stereocenters.